The fourth-order valence-electron chi connectivity index (χ4n) is 2.11. The number of hydrogen-bond acceptors (Lipinski definition) is 2. The van der Waals surface area contributed by atoms with Crippen molar-refractivity contribution in [1.29, 1.82) is 0 Å². The van der Waals surface area contributed by atoms with Gasteiger partial charge in [-0.15, -0.1) is 0 Å². The van der Waals surface area contributed by atoms with E-state index < -0.39 is 11.9 Å². The highest BCUT2D eigenvalue weighted by Crippen LogP contribution is 2.33. The SMILES string of the molecule is NC(c1cc2cccc(Br)c2o1)c1ccc(F)cc1Cl. The molecule has 2 N–H and O–H groups in total. The van der Waals surface area contributed by atoms with Gasteiger partial charge in [-0.05, 0) is 45.8 Å². The minimum Gasteiger partial charge on any atom is -0.458 e. The van der Waals surface area contributed by atoms with Crippen LogP contribution in [0.3, 0.4) is 0 Å². The molecule has 0 amide bonds. The molecule has 0 radical (unpaired) electrons. The molecule has 2 aromatic carbocycles. The van der Waals surface area contributed by atoms with Crippen molar-refractivity contribution < 1.29 is 8.81 Å². The number of benzene rings is 2. The van der Waals surface area contributed by atoms with Gasteiger partial charge >= 0.3 is 0 Å². The molecule has 0 bridgehead atoms. The molecule has 1 unspecified atom stereocenters. The zero-order chi connectivity index (χ0) is 14.3. The summed E-state index contributed by atoms with van der Waals surface area (Å²) in [6.45, 7) is 0. The lowest BCUT2D eigenvalue weighted by Gasteiger charge is -2.10. The second kappa shape index (κ2) is 5.20. The smallest absolute Gasteiger partial charge is 0.148 e. The summed E-state index contributed by atoms with van der Waals surface area (Å²) in [5, 5.41) is 1.24. The van der Waals surface area contributed by atoms with Gasteiger partial charge in [-0.25, -0.2) is 4.39 Å². The number of rotatable bonds is 2. The fraction of sp³-hybridized carbons (Fsp3) is 0.0667. The Morgan fingerprint density at radius 2 is 2.00 bits per heavy atom. The Morgan fingerprint density at radius 3 is 2.70 bits per heavy atom. The second-order valence-corrected chi connectivity index (χ2v) is 5.71. The molecule has 0 spiro atoms. The molecule has 1 aromatic heterocycles. The maximum Gasteiger partial charge on any atom is 0.148 e. The van der Waals surface area contributed by atoms with Crippen molar-refractivity contribution in [2.24, 2.45) is 5.73 Å². The summed E-state index contributed by atoms with van der Waals surface area (Å²) in [6.07, 6.45) is 0. The molecule has 102 valence electrons. The topological polar surface area (TPSA) is 39.2 Å². The summed E-state index contributed by atoms with van der Waals surface area (Å²) in [5.41, 5.74) is 7.53. The van der Waals surface area contributed by atoms with Crippen molar-refractivity contribution >= 4 is 38.5 Å². The summed E-state index contributed by atoms with van der Waals surface area (Å²) in [4.78, 5) is 0. The van der Waals surface area contributed by atoms with Gasteiger partial charge in [0.2, 0.25) is 0 Å². The van der Waals surface area contributed by atoms with Gasteiger partial charge in [-0.1, -0.05) is 29.8 Å². The lowest BCUT2D eigenvalue weighted by molar-refractivity contribution is 0.523. The number of nitrogens with two attached hydrogens (primary N) is 1. The van der Waals surface area contributed by atoms with E-state index in [1.807, 2.05) is 24.3 Å². The van der Waals surface area contributed by atoms with Crippen molar-refractivity contribution in [1.82, 2.24) is 0 Å². The average Bonchev–Trinajstić information content (AvgIpc) is 2.83. The van der Waals surface area contributed by atoms with Gasteiger partial charge in [-0.3, -0.25) is 0 Å². The van der Waals surface area contributed by atoms with Crippen LogP contribution in [-0.4, -0.2) is 0 Å². The highest BCUT2D eigenvalue weighted by atomic mass is 79.9. The molecule has 0 aliphatic carbocycles. The van der Waals surface area contributed by atoms with E-state index in [9.17, 15) is 4.39 Å². The highest BCUT2D eigenvalue weighted by Gasteiger charge is 2.18. The minimum absolute atomic E-state index is 0.289. The zero-order valence-corrected chi connectivity index (χ0v) is 12.6. The van der Waals surface area contributed by atoms with Gasteiger partial charge in [-0.2, -0.15) is 0 Å². The first-order valence-electron chi connectivity index (χ1n) is 5.95. The van der Waals surface area contributed by atoms with E-state index in [0.717, 1.165) is 15.4 Å². The highest BCUT2D eigenvalue weighted by molar-refractivity contribution is 9.10. The largest absolute Gasteiger partial charge is 0.458 e. The molecule has 0 saturated carbocycles. The van der Waals surface area contributed by atoms with Crippen LogP contribution in [0, 0.1) is 5.82 Å². The van der Waals surface area contributed by atoms with Crippen LogP contribution in [0.5, 0.6) is 0 Å². The quantitative estimate of drug-likeness (QED) is 0.700. The molecule has 0 saturated heterocycles. The molecule has 0 aliphatic rings. The Kier molecular flexibility index (Phi) is 3.54. The van der Waals surface area contributed by atoms with Crippen LogP contribution < -0.4 is 5.73 Å². The van der Waals surface area contributed by atoms with E-state index in [-0.39, 0.29) is 5.02 Å². The molecule has 0 fully saturated rings. The zero-order valence-electron chi connectivity index (χ0n) is 10.2. The van der Waals surface area contributed by atoms with Crippen LogP contribution in [0.25, 0.3) is 11.0 Å². The first-order valence-corrected chi connectivity index (χ1v) is 7.12. The maximum absolute atomic E-state index is 13.1. The number of hydrogen-bond donors (Lipinski definition) is 1. The fourth-order valence-corrected chi connectivity index (χ4v) is 2.85. The lowest BCUT2D eigenvalue weighted by Crippen LogP contribution is -2.11. The minimum atomic E-state index is -0.539. The van der Waals surface area contributed by atoms with E-state index in [2.05, 4.69) is 15.9 Å². The van der Waals surface area contributed by atoms with E-state index in [0.29, 0.717) is 11.3 Å². The number of fused-ring (bicyclic) bond motifs is 1. The Labute approximate surface area is 128 Å². The summed E-state index contributed by atoms with van der Waals surface area (Å²) < 4.78 is 19.7. The van der Waals surface area contributed by atoms with Crippen LogP contribution in [-0.2, 0) is 0 Å². The van der Waals surface area contributed by atoms with Gasteiger partial charge in [0.15, 0.2) is 0 Å². The molecule has 3 rings (SSSR count). The molecule has 0 aliphatic heterocycles. The third kappa shape index (κ3) is 2.35. The van der Waals surface area contributed by atoms with Gasteiger partial charge in [0.25, 0.3) is 0 Å². The van der Waals surface area contributed by atoms with E-state index in [1.165, 1.54) is 12.1 Å². The van der Waals surface area contributed by atoms with E-state index in [1.54, 1.807) is 6.07 Å². The normalized spacial score (nSPS) is 12.8. The van der Waals surface area contributed by atoms with E-state index in [4.69, 9.17) is 21.8 Å². The molecular weight excluding hydrogens is 345 g/mol. The predicted molar refractivity (Wildman–Crippen MR) is 81.4 cm³/mol. The summed E-state index contributed by atoms with van der Waals surface area (Å²) in [6, 6.07) is 11.2. The maximum atomic E-state index is 13.1. The van der Waals surface area contributed by atoms with E-state index >= 15 is 0 Å². The Hall–Kier alpha value is -1.36. The second-order valence-electron chi connectivity index (χ2n) is 4.45. The van der Waals surface area contributed by atoms with Crippen LogP contribution in [0.4, 0.5) is 4.39 Å². The molecule has 1 heterocycles. The average molecular weight is 355 g/mol. The van der Waals surface area contributed by atoms with Crippen molar-refractivity contribution in [2.75, 3.05) is 0 Å². The van der Waals surface area contributed by atoms with Gasteiger partial charge in [0.1, 0.15) is 17.2 Å². The molecule has 3 aromatic rings. The Balaban J connectivity index is 2.08. The third-order valence-electron chi connectivity index (χ3n) is 3.12. The van der Waals surface area contributed by atoms with Crippen LogP contribution in [0.2, 0.25) is 5.02 Å². The monoisotopic (exact) mass is 353 g/mol. The Bertz CT molecular complexity index is 787. The molecule has 2 nitrogen and oxygen atoms in total. The third-order valence-corrected chi connectivity index (χ3v) is 4.07. The number of para-hydroxylation sites is 1. The van der Waals surface area contributed by atoms with Gasteiger partial charge in [0, 0.05) is 10.4 Å². The van der Waals surface area contributed by atoms with Crippen molar-refractivity contribution in [3.05, 3.63) is 69.1 Å². The van der Waals surface area contributed by atoms with Crippen LogP contribution >= 0.6 is 27.5 Å². The van der Waals surface area contributed by atoms with Crippen molar-refractivity contribution in [2.45, 2.75) is 6.04 Å². The van der Waals surface area contributed by atoms with Crippen molar-refractivity contribution in [3.63, 3.8) is 0 Å². The first kappa shape index (κ1) is 13.6. The van der Waals surface area contributed by atoms with Crippen LogP contribution in [0.1, 0.15) is 17.4 Å². The van der Waals surface area contributed by atoms with Crippen LogP contribution in [0.15, 0.2) is 51.4 Å². The standard InChI is InChI=1S/C15H10BrClFNO/c16-11-3-1-2-8-6-13(20-15(8)11)14(19)10-5-4-9(18)7-12(10)17/h1-7,14H,19H2. The van der Waals surface area contributed by atoms with Gasteiger partial charge in [0.05, 0.1) is 10.5 Å². The van der Waals surface area contributed by atoms with Crippen molar-refractivity contribution in [3.8, 4) is 0 Å². The summed E-state index contributed by atoms with van der Waals surface area (Å²) in [7, 11) is 0. The number of halogens is 3. The Morgan fingerprint density at radius 1 is 1.20 bits per heavy atom. The molecule has 1 atom stereocenters. The number of furan rings is 1. The molecule has 5 heteroatoms. The summed E-state index contributed by atoms with van der Waals surface area (Å²) in [5.74, 6) is 0.193. The lowest BCUT2D eigenvalue weighted by atomic mass is 10.1. The molecule has 20 heavy (non-hydrogen) atoms. The summed E-state index contributed by atoms with van der Waals surface area (Å²) >= 11 is 9.46. The molecular formula is C15H10BrClFNO. The van der Waals surface area contributed by atoms with Gasteiger partial charge < -0.3 is 10.2 Å². The predicted octanol–water partition coefficient (Wildman–Crippen LogP) is 5.04. The first-order chi connectivity index (χ1) is 9.56.